The van der Waals surface area contributed by atoms with Gasteiger partial charge in [-0.05, 0) is 55.8 Å². The van der Waals surface area contributed by atoms with Crippen LogP contribution in [0.25, 0.3) is 11.3 Å². The highest BCUT2D eigenvalue weighted by Crippen LogP contribution is 2.26. The molecule has 4 nitrogen and oxygen atoms in total. The number of hydrogen-bond acceptors (Lipinski definition) is 4. The number of Topliss-reactive ketones (excluding diaryl/α,β-unsaturated/α-hetero) is 1. The van der Waals surface area contributed by atoms with Crippen molar-refractivity contribution in [1.29, 1.82) is 0 Å². The lowest BCUT2D eigenvalue weighted by Crippen LogP contribution is -2.10. The van der Waals surface area contributed by atoms with Gasteiger partial charge in [0.05, 0.1) is 15.4 Å². The Hall–Kier alpha value is -2.79. The predicted molar refractivity (Wildman–Crippen MR) is 96.7 cm³/mol. The zero-order chi connectivity index (χ0) is 17.1. The number of thiophene rings is 1. The average Bonchev–Trinajstić information content (AvgIpc) is 3.08. The first-order valence-electron chi connectivity index (χ1n) is 7.49. The number of hydrogen-bond donors (Lipinski definition) is 1. The fraction of sp³-hybridized carbons (Fsp3) is 0.105. The van der Waals surface area contributed by atoms with Crippen LogP contribution in [0.1, 0.15) is 31.8 Å². The highest BCUT2D eigenvalue weighted by Gasteiger charge is 2.12. The lowest BCUT2D eigenvalue weighted by atomic mass is 10.0. The van der Waals surface area contributed by atoms with Crippen LogP contribution in [0.4, 0.5) is 5.69 Å². The summed E-state index contributed by atoms with van der Waals surface area (Å²) >= 11 is 1.20. The molecule has 0 aliphatic rings. The molecule has 1 aromatic carbocycles. The van der Waals surface area contributed by atoms with Crippen molar-refractivity contribution in [2.24, 2.45) is 0 Å². The highest BCUT2D eigenvalue weighted by molar-refractivity contribution is 7.16. The third kappa shape index (κ3) is 3.41. The van der Waals surface area contributed by atoms with E-state index in [-0.39, 0.29) is 11.7 Å². The molecule has 0 radical (unpaired) electrons. The second-order valence-corrected chi connectivity index (χ2v) is 6.50. The first kappa shape index (κ1) is 16.1. The van der Waals surface area contributed by atoms with Crippen molar-refractivity contribution >= 4 is 28.7 Å². The number of pyridine rings is 1. The van der Waals surface area contributed by atoms with Crippen LogP contribution in [0.3, 0.4) is 0 Å². The second-order valence-electron chi connectivity index (χ2n) is 5.42. The SMILES string of the molecule is CC(=O)c1ccc(C(=O)Nc2ccc(C)c(-c3ccccn3)c2)s1. The first-order valence-corrected chi connectivity index (χ1v) is 8.30. The van der Waals surface area contributed by atoms with Gasteiger partial charge in [-0.25, -0.2) is 0 Å². The molecular weight excluding hydrogens is 320 g/mol. The lowest BCUT2D eigenvalue weighted by molar-refractivity contribution is 0.101. The largest absolute Gasteiger partial charge is 0.321 e. The van der Waals surface area contributed by atoms with Crippen molar-refractivity contribution < 1.29 is 9.59 Å². The minimum absolute atomic E-state index is 0.0353. The maximum Gasteiger partial charge on any atom is 0.265 e. The van der Waals surface area contributed by atoms with Gasteiger partial charge in [0.1, 0.15) is 0 Å². The molecule has 1 amide bonds. The zero-order valence-corrected chi connectivity index (χ0v) is 14.2. The summed E-state index contributed by atoms with van der Waals surface area (Å²) in [5, 5.41) is 2.88. The topological polar surface area (TPSA) is 59.1 Å². The molecule has 0 saturated carbocycles. The van der Waals surface area contributed by atoms with Crippen LogP contribution < -0.4 is 5.32 Å². The molecule has 3 aromatic rings. The van der Waals surface area contributed by atoms with Crippen LogP contribution in [-0.2, 0) is 0 Å². The number of nitrogens with one attached hydrogen (secondary N) is 1. The Kier molecular flexibility index (Phi) is 4.53. The molecule has 2 aromatic heterocycles. The average molecular weight is 336 g/mol. The minimum atomic E-state index is -0.219. The minimum Gasteiger partial charge on any atom is -0.321 e. The molecule has 5 heteroatoms. The summed E-state index contributed by atoms with van der Waals surface area (Å²) in [6, 6.07) is 14.8. The Bertz CT molecular complexity index is 901. The molecule has 0 bridgehead atoms. The normalized spacial score (nSPS) is 10.4. The molecular formula is C19H16N2O2S. The summed E-state index contributed by atoms with van der Waals surface area (Å²) in [5.74, 6) is -0.254. The standard InChI is InChI=1S/C19H16N2O2S/c1-12-6-7-14(11-15(12)16-5-3-4-10-20-16)21-19(23)18-9-8-17(24-18)13(2)22/h3-11H,1-2H3,(H,21,23). The Morgan fingerprint density at radius 2 is 1.83 bits per heavy atom. The number of ketones is 1. The van der Waals surface area contributed by atoms with Gasteiger partial charge < -0.3 is 5.32 Å². The van der Waals surface area contributed by atoms with Gasteiger partial charge >= 0.3 is 0 Å². The van der Waals surface area contributed by atoms with E-state index in [0.29, 0.717) is 15.4 Å². The van der Waals surface area contributed by atoms with Gasteiger partial charge in [0, 0.05) is 17.4 Å². The van der Waals surface area contributed by atoms with Crippen molar-refractivity contribution in [3.05, 3.63) is 70.0 Å². The Morgan fingerprint density at radius 3 is 2.50 bits per heavy atom. The van der Waals surface area contributed by atoms with E-state index >= 15 is 0 Å². The number of nitrogens with zero attached hydrogens (tertiary/aromatic N) is 1. The molecule has 1 N–H and O–H groups in total. The Labute approximate surface area is 144 Å². The number of benzene rings is 1. The van der Waals surface area contributed by atoms with E-state index in [1.807, 2.05) is 43.3 Å². The Balaban J connectivity index is 1.85. The number of rotatable bonds is 4. The van der Waals surface area contributed by atoms with Crippen LogP contribution in [0.15, 0.2) is 54.7 Å². The smallest absolute Gasteiger partial charge is 0.265 e. The number of aryl methyl sites for hydroxylation is 1. The maximum absolute atomic E-state index is 12.4. The fourth-order valence-corrected chi connectivity index (χ4v) is 3.14. The fourth-order valence-electron chi connectivity index (χ4n) is 2.34. The van der Waals surface area contributed by atoms with Crippen LogP contribution in [0, 0.1) is 6.92 Å². The number of carbonyl (C=O) groups is 2. The summed E-state index contributed by atoms with van der Waals surface area (Å²) < 4.78 is 0. The number of amides is 1. The van der Waals surface area contributed by atoms with Crippen molar-refractivity contribution in [2.45, 2.75) is 13.8 Å². The van der Waals surface area contributed by atoms with E-state index in [1.165, 1.54) is 18.3 Å². The van der Waals surface area contributed by atoms with Gasteiger partial charge in [-0.2, -0.15) is 0 Å². The predicted octanol–water partition coefficient (Wildman–Crippen LogP) is 4.57. The van der Waals surface area contributed by atoms with E-state index in [1.54, 1.807) is 18.3 Å². The van der Waals surface area contributed by atoms with Gasteiger partial charge in [-0.15, -0.1) is 11.3 Å². The number of aromatic nitrogens is 1. The van der Waals surface area contributed by atoms with Crippen LogP contribution in [0.2, 0.25) is 0 Å². The monoisotopic (exact) mass is 336 g/mol. The molecule has 0 aliphatic heterocycles. The van der Waals surface area contributed by atoms with E-state index < -0.39 is 0 Å². The van der Waals surface area contributed by atoms with Gasteiger partial charge in [0.25, 0.3) is 5.91 Å². The molecule has 24 heavy (non-hydrogen) atoms. The van der Waals surface area contributed by atoms with E-state index in [4.69, 9.17) is 0 Å². The lowest BCUT2D eigenvalue weighted by Gasteiger charge is -2.09. The Morgan fingerprint density at radius 1 is 1.04 bits per heavy atom. The van der Waals surface area contributed by atoms with Crippen molar-refractivity contribution in [3.8, 4) is 11.3 Å². The van der Waals surface area contributed by atoms with Crippen molar-refractivity contribution in [3.63, 3.8) is 0 Å². The maximum atomic E-state index is 12.4. The van der Waals surface area contributed by atoms with E-state index in [2.05, 4.69) is 10.3 Å². The van der Waals surface area contributed by atoms with Gasteiger partial charge in [0.2, 0.25) is 0 Å². The summed E-state index contributed by atoms with van der Waals surface area (Å²) in [4.78, 5) is 29.2. The van der Waals surface area contributed by atoms with Crippen LogP contribution in [0.5, 0.6) is 0 Å². The van der Waals surface area contributed by atoms with Crippen molar-refractivity contribution in [2.75, 3.05) is 5.32 Å². The third-order valence-electron chi connectivity index (χ3n) is 3.61. The van der Waals surface area contributed by atoms with E-state index in [0.717, 1.165) is 16.8 Å². The highest BCUT2D eigenvalue weighted by atomic mass is 32.1. The van der Waals surface area contributed by atoms with E-state index in [9.17, 15) is 9.59 Å². The van der Waals surface area contributed by atoms with Gasteiger partial charge in [-0.1, -0.05) is 12.1 Å². The van der Waals surface area contributed by atoms with Crippen LogP contribution >= 0.6 is 11.3 Å². The molecule has 2 heterocycles. The summed E-state index contributed by atoms with van der Waals surface area (Å²) in [6.07, 6.45) is 1.75. The molecule has 0 aliphatic carbocycles. The quantitative estimate of drug-likeness (QED) is 0.710. The molecule has 3 rings (SSSR count). The molecule has 0 spiro atoms. The molecule has 120 valence electrons. The number of anilines is 1. The summed E-state index contributed by atoms with van der Waals surface area (Å²) in [6.45, 7) is 3.50. The van der Waals surface area contributed by atoms with Crippen molar-refractivity contribution in [1.82, 2.24) is 4.98 Å². The molecule has 0 unspecified atom stereocenters. The van der Waals surface area contributed by atoms with Gasteiger partial charge in [-0.3, -0.25) is 14.6 Å². The summed E-state index contributed by atoms with van der Waals surface area (Å²) in [5.41, 5.74) is 3.62. The van der Waals surface area contributed by atoms with Crippen LogP contribution in [-0.4, -0.2) is 16.7 Å². The van der Waals surface area contributed by atoms with Gasteiger partial charge in [0.15, 0.2) is 5.78 Å². The zero-order valence-electron chi connectivity index (χ0n) is 13.4. The second kappa shape index (κ2) is 6.76. The number of carbonyl (C=O) groups excluding carboxylic acids is 2. The first-order chi connectivity index (χ1) is 11.5. The molecule has 0 atom stereocenters. The molecule has 0 saturated heterocycles. The summed E-state index contributed by atoms with van der Waals surface area (Å²) in [7, 11) is 0. The third-order valence-corrected chi connectivity index (χ3v) is 4.80. The molecule has 0 fully saturated rings.